The van der Waals surface area contributed by atoms with Crippen LogP contribution in [0.25, 0.3) is 22.3 Å². The average Bonchev–Trinajstić information content (AvgIpc) is 3.63. The maximum absolute atomic E-state index is 14.8. The molecule has 1 aromatic carbocycles. The molecule has 176 valence electrons. The Kier molecular flexibility index (Phi) is 6.08. The van der Waals surface area contributed by atoms with E-state index >= 15 is 0 Å². The summed E-state index contributed by atoms with van der Waals surface area (Å²) < 4.78 is 34.5. The number of benzene rings is 1. The lowest BCUT2D eigenvalue weighted by atomic mass is 9.88. The molecule has 3 atom stereocenters. The topological polar surface area (TPSA) is 86.3 Å². The molecular weight excluding hydrogens is 436 g/mol. The van der Waals surface area contributed by atoms with Crippen molar-refractivity contribution in [1.29, 1.82) is 0 Å². The van der Waals surface area contributed by atoms with Crippen LogP contribution in [0.5, 0.6) is 0 Å². The van der Waals surface area contributed by atoms with E-state index in [9.17, 15) is 8.78 Å². The number of halogens is 2. The van der Waals surface area contributed by atoms with Crippen LogP contribution >= 0.6 is 0 Å². The van der Waals surface area contributed by atoms with Gasteiger partial charge in [0.15, 0.2) is 5.65 Å². The molecule has 3 unspecified atom stereocenters. The third kappa shape index (κ3) is 4.68. The standard InChI is InChI=1S/C26H27F2N5O/c1-14-3-7-21-24(20-8-4-18(27)11-22(20)28)32-25(33-26(21)31-14)16-9-15(2)34-23(10-16)17(12-29)13-30-19-5-6-19/h3-4,7-8,11-13,15-16,19,23H,5-6,9-10,29H2,1-2H3/b17-12+,30-13?. The minimum atomic E-state index is -0.672. The Balaban J connectivity index is 1.56. The maximum atomic E-state index is 14.8. The third-order valence-corrected chi connectivity index (χ3v) is 6.32. The van der Waals surface area contributed by atoms with E-state index in [4.69, 9.17) is 20.4 Å². The summed E-state index contributed by atoms with van der Waals surface area (Å²) in [6.45, 7) is 3.89. The molecule has 0 bridgehead atoms. The molecule has 2 aromatic heterocycles. The molecule has 3 heterocycles. The Bertz CT molecular complexity index is 1290. The molecule has 6 nitrogen and oxygen atoms in total. The second-order valence-corrected chi connectivity index (χ2v) is 9.16. The Morgan fingerprint density at radius 1 is 1.12 bits per heavy atom. The Labute approximate surface area is 197 Å². The van der Waals surface area contributed by atoms with Crippen LogP contribution in [-0.2, 0) is 4.74 Å². The molecule has 2 aliphatic rings. The van der Waals surface area contributed by atoms with Gasteiger partial charge in [-0.1, -0.05) is 0 Å². The van der Waals surface area contributed by atoms with Crippen molar-refractivity contribution in [1.82, 2.24) is 15.0 Å². The van der Waals surface area contributed by atoms with Crippen molar-refractivity contribution in [2.24, 2.45) is 10.7 Å². The van der Waals surface area contributed by atoms with Gasteiger partial charge in [0.1, 0.15) is 17.5 Å². The number of aromatic nitrogens is 3. The van der Waals surface area contributed by atoms with Crippen LogP contribution in [0.3, 0.4) is 0 Å². The number of aliphatic imine (C=N–C) groups is 1. The lowest BCUT2D eigenvalue weighted by Gasteiger charge is -2.33. The van der Waals surface area contributed by atoms with Crippen LogP contribution in [0.15, 0.2) is 47.1 Å². The van der Waals surface area contributed by atoms with Crippen molar-refractivity contribution in [3.8, 4) is 11.3 Å². The summed E-state index contributed by atoms with van der Waals surface area (Å²) >= 11 is 0. The van der Waals surface area contributed by atoms with E-state index in [0.717, 1.165) is 30.2 Å². The molecular formula is C26H27F2N5O. The van der Waals surface area contributed by atoms with E-state index in [0.29, 0.717) is 41.4 Å². The number of aryl methyl sites for hydroxylation is 1. The minimum Gasteiger partial charge on any atom is -0.404 e. The van der Waals surface area contributed by atoms with E-state index in [-0.39, 0.29) is 23.7 Å². The van der Waals surface area contributed by atoms with E-state index < -0.39 is 11.6 Å². The Morgan fingerprint density at radius 2 is 1.94 bits per heavy atom. The first kappa shape index (κ1) is 22.5. The zero-order valence-corrected chi connectivity index (χ0v) is 19.2. The van der Waals surface area contributed by atoms with Gasteiger partial charge in [-0.05, 0) is 63.8 Å². The van der Waals surface area contributed by atoms with Crippen LogP contribution < -0.4 is 5.73 Å². The minimum absolute atomic E-state index is 0.0491. The van der Waals surface area contributed by atoms with Crippen LogP contribution in [0.4, 0.5) is 8.78 Å². The van der Waals surface area contributed by atoms with Gasteiger partial charge < -0.3 is 10.5 Å². The van der Waals surface area contributed by atoms with E-state index in [1.165, 1.54) is 12.1 Å². The number of rotatable bonds is 5. The fourth-order valence-corrected chi connectivity index (χ4v) is 4.41. The average molecular weight is 464 g/mol. The van der Waals surface area contributed by atoms with Crippen molar-refractivity contribution >= 4 is 17.2 Å². The molecule has 1 aliphatic carbocycles. The van der Waals surface area contributed by atoms with Crippen LogP contribution in [0, 0.1) is 18.6 Å². The SMILES string of the molecule is Cc1ccc2c(-c3ccc(F)cc3F)nc(C3CC(C)OC(/C(C=NC4CC4)=C/N)C3)nc2n1. The fourth-order valence-electron chi connectivity index (χ4n) is 4.41. The summed E-state index contributed by atoms with van der Waals surface area (Å²) in [5.41, 5.74) is 8.66. The first-order valence-corrected chi connectivity index (χ1v) is 11.6. The molecule has 34 heavy (non-hydrogen) atoms. The summed E-state index contributed by atoms with van der Waals surface area (Å²) in [7, 11) is 0. The molecule has 1 saturated heterocycles. The van der Waals surface area contributed by atoms with Crippen molar-refractivity contribution < 1.29 is 13.5 Å². The maximum Gasteiger partial charge on any atom is 0.163 e. The number of hydrogen-bond donors (Lipinski definition) is 1. The van der Waals surface area contributed by atoms with Crippen molar-refractivity contribution in [3.05, 3.63) is 65.3 Å². The molecule has 3 aromatic rings. The van der Waals surface area contributed by atoms with Gasteiger partial charge in [0, 0.05) is 46.6 Å². The van der Waals surface area contributed by atoms with E-state index in [1.807, 2.05) is 32.2 Å². The second-order valence-electron chi connectivity index (χ2n) is 9.16. The van der Waals surface area contributed by atoms with Gasteiger partial charge in [0.05, 0.1) is 23.9 Å². The van der Waals surface area contributed by atoms with Crippen LogP contribution in [0.2, 0.25) is 0 Å². The van der Waals surface area contributed by atoms with Gasteiger partial charge in [-0.3, -0.25) is 4.99 Å². The van der Waals surface area contributed by atoms with Gasteiger partial charge in [-0.2, -0.15) is 0 Å². The number of nitrogens with two attached hydrogens (primary N) is 1. The summed E-state index contributed by atoms with van der Waals surface area (Å²) in [5, 5.41) is 0.621. The molecule has 1 aliphatic heterocycles. The highest BCUT2D eigenvalue weighted by atomic mass is 19.1. The second kappa shape index (κ2) is 9.18. The molecule has 0 radical (unpaired) electrons. The lowest BCUT2D eigenvalue weighted by Crippen LogP contribution is -2.33. The largest absolute Gasteiger partial charge is 0.404 e. The highest BCUT2D eigenvalue weighted by molar-refractivity contribution is 5.90. The Hall–Kier alpha value is -3.26. The van der Waals surface area contributed by atoms with Crippen molar-refractivity contribution in [2.75, 3.05) is 0 Å². The smallest absolute Gasteiger partial charge is 0.163 e. The Morgan fingerprint density at radius 3 is 2.68 bits per heavy atom. The van der Waals surface area contributed by atoms with Gasteiger partial charge in [0.2, 0.25) is 0 Å². The van der Waals surface area contributed by atoms with Crippen molar-refractivity contribution in [3.63, 3.8) is 0 Å². The molecule has 1 saturated carbocycles. The zero-order valence-electron chi connectivity index (χ0n) is 19.2. The third-order valence-electron chi connectivity index (χ3n) is 6.32. The highest BCUT2D eigenvalue weighted by Crippen LogP contribution is 2.37. The van der Waals surface area contributed by atoms with E-state index in [2.05, 4.69) is 9.98 Å². The number of fused-ring (bicyclic) bond motifs is 1. The van der Waals surface area contributed by atoms with Crippen LogP contribution in [-0.4, -0.2) is 39.4 Å². The number of ether oxygens (including phenoxy) is 1. The zero-order chi connectivity index (χ0) is 23.8. The lowest BCUT2D eigenvalue weighted by molar-refractivity contribution is -0.0272. The predicted octanol–water partition coefficient (Wildman–Crippen LogP) is 5.01. The molecule has 0 amide bonds. The normalized spacial score (nSPS) is 23.6. The molecule has 8 heteroatoms. The van der Waals surface area contributed by atoms with Crippen molar-refractivity contribution in [2.45, 2.75) is 63.7 Å². The number of hydrogen-bond acceptors (Lipinski definition) is 6. The summed E-state index contributed by atoms with van der Waals surface area (Å²) in [6, 6.07) is 7.57. The fraction of sp³-hybridized carbons (Fsp3) is 0.385. The van der Waals surface area contributed by atoms with Crippen LogP contribution in [0.1, 0.15) is 50.0 Å². The number of nitrogens with zero attached hydrogens (tertiary/aromatic N) is 4. The molecule has 0 spiro atoms. The number of pyridine rings is 1. The van der Waals surface area contributed by atoms with Gasteiger partial charge in [-0.25, -0.2) is 23.7 Å². The first-order valence-electron chi connectivity index (χ1n) is 11.6. The molecule has 5 rings (SSSR count). The summed E-state index contributed by atoms with van der Waals surface area (Å²) in [6.07, 6.45) is 6.63. The van der Waals surface area contributed by atoms with E-state index in [1.54, 1.807) is 6.20 Å². The van der Waals surface area contributed by atoms with Gasteiger partial charge >= 0.3 is 0 Å². The summed E-state index contributed by atoms with van der Waals surface area (Å²) in [5.74, 6) is -0.787. The highest BCUT2D eigenvalue weighted by Gasteiger charge is 2.33. The predicted molar refractivity (Wildman–Crippen MR) is 128 cm³/mol. The quantitative estimate of drug-likeness (QED) is 0.538. The van der Waals surface area contributed by atoms with Gasteiger partial charge in [-0.15, -0.1) is 0 Å². The molecule has 2 fully saturated rings. The summed E-state index contributed by atoms with van der Waals surface area (Å²) in [4.78, 5) is 18.7. The van der Waals surface area contributed by atoms with Gasteiger partial charge in [0.25, 0.3) is 0 Å². The monoisotopic (exact) mass is 463 g/mol. The molecule has 2 N–H and O–H groups in total. The first-order chi connectivity index (χ1) is 16.4.